The molecule has 0 aliphatic heterocycles. The Kier molecular flexibility index (Phi) is 8.58. The fourth-order valence-electron chi connectivity index (χ4n) is 3.94. The molecule has 0 unspecified atom stereocenters. The maximum absolute atomic E-state index is 12.5. The van der Waals surface area contributed by atoms with Crippen LogP contribution in [0.3, 0.4) is 0 Å². The SMILES string of the molecule is CC(=O)C[C@@H](C)COC1CCC(Oc2nc3c(Cl)cc(OCC(F)F)c(Cl)c3n2C)CC1. The second-order valence-electron chi connectivity index (χ2n) is 8.38. The van der Waals surface area contributed by atoms with E-state index in [1.54, 1.807) is 18.5 Å². The first-order chi connectivity index (χ1) is 15.2. The second-order valence-corrected chi connectivity index (χ2v) is 9.17. The van der Waals surface area contributed by atoms with Crippen molar-refractivity contribution >= 4 is 40.0 Å². The van der Waals surface area contributed by atoms with Crippen LogP contribution in [0.4, 0.5) is 8.78 Å². The largest absolute Gasteiger partial charge is 0.486 e. The molecule has 2 aromatic rings. The van der Waals surface area contributed by atoms with Crippen LogP contribution in [-0.2, 0) is 16.6 Å². The van der Waals surface area contributed by atoms with Crippen molar-refractivity contribution in [2.75, 3.05) is 13.2 Å². The topological polar surface area (TPSA) is 62.6 Å². The molecule has 3 rings (SSSR count). The summed E-state index contributed by atoms with van der Waals surface area (Å²) in [6.45, 7) is 3.41. The molecule has 0 bridgehead atoms. The Labute approximate surface area is 196 Å². The van der Waals surface area contributed by atoms with Crippen molar-refractivity contribution in [1.29, 1.82) is 0 Å². The van der Waals surface area contributed by atoms with E-state index < -0.39 is 13.0 Å². The third-order valence-electron chi connectivity index (χ3n) is 5.47. The molecule has 0 radical (unpaired) electrons. The van der Waals surface area contributed by atoms with E-state index in [0.717, 1.165) is 25.7 Å². The highest BCUT2D eigenvalue weighted by Crippen LogP contribution is 2.39. The van der Waals surface area contributed by atoms with E-state index in [1.807, 2.05) is 6.92 Å². The number of aryl methyl sites for hydroxylation is 1. The zero-order valence-corrected chi connectivity index (χ0v) is 19.9. The van der Waals surface area contributed by atoms with Gasteiger partial charge in [-0.3, -0.25) is 4.57 Å². The van der Waals surface area contributed by atoms with Crippen molar-refractivity contribution in [3.8, 4) is 11.8 Å². The van der Waals surface area contributed by atoms with Gasteiger partial charge in [0.15, 0.2) is 0 Å². The van der Waals surface area contributed by atoms with E-state index in [-0.39, 0.29) is 39.7 Å². The molecule has 1 fully saturated rings. The van der Waals surface area contributed by atoms with Crippen molar-refractivity contribution in [2.24, 2.45) is 13.0 Å². The number of Topliss-reactive ketones (excluding diaryl/α,β-unsaturated/α-hetero) is 1. The minimum Gasteiger partial charge on any atom is -0.486 e. The highest BCUT2D eigenvalue weighted by Gasteiger charge is 2.26. The van der Waals surface area contributed by atoms with Crippen LogP contribution in [0.1, 0.15) is 46.0 Å². The normalized spacial score (nSPS) is 20.0. The van der Waals surface area contributed by atoms with Crippen LogP contribution in [0.5, 0.6) is 11.8 Å². The summed E-state index contributed by atoms with van der Waals surface area (Å²) in [5.74, 6) is 0.467. The Balaban J connectivity index is 1.62. The van der Waals surface area contributed by atoms with Gasteiger partial charge >= 0.3 is 0 Å². The summed E-state index contributed by atoms with van der Waals surface area (Å²) in [6.07, 6.45) is 1.35. The lowest BCUT2D eigenvalue weighted by atomic mass is 9.95. The van der Waals surface area contributed by atoms with Gasteiger partial charge in [0.2, 0.25) is 0 Å². The fraction of sp³-hybridized carbons (Fsp3) is 0.636. The van der Waals surface area contributed by atoms with E-state index in [9.17, 15) is 13.6 Å². The van der Waals surface area contributed by atoms with Crippen LogP contribution in [0, 0.1) is 5.92 Å². The number of imidazole rings is 1. The molecule has 1 aromatic carbocycles. The molecule has 1 atom stereocenters. The first-order valence-electron chi connectivity index (χ1n) is 10.7. The summed E-state index contributed by atoms with van der Waals surface area (Å²) >= 11 is 12.7. The predicted octanol–water partition coefficient (Wildman–Crippen LogP) is 5.85. The van der Waals surface area contributed by atoms with Crippen LogP contribution >= 0.6 is 23.2 Å². The fourth-order valence-corrected chi connectivity index (χ4v) is 4.49. The minimum absolute atomic E-state index is 0.0351. The number of nitrogens with zero attached hydrogens (tertiary/aromatic N) is 2. The smallest absolute Gasteiger partial charge is 0.297 e. The number of hydrogen-bond donors (Lipinski definition) is 0. The van der Waals surface area contributed by atoms with Gasteiger partial charge < -0.3 is 19.0 Å². The third kappa shape index (κ3) is 6.23. The molecule has 0 spiro atoms. The van der Waals surface area contributed by atoms with Crippen molar-refractivity contribution in [1.82, 2.24) is 9.55 Å². The van der Waals surface area contributed by atoms with Crippen molar-refractivity contribution < 1.29 is 27.8 Å². The number of halogens is 4. The van der Waals surface area contributed by atoms with Gasteiger partial charge in [-0.15, -0.1) is 0 Å². The Bertz CT molecular complexity index is 946. The number of carbonyl (C=O) groups excluding carboxylic acids is 1. The van der Waals surface area contributed by atoms with Gasteiger partial charge in [-0.05, 0) is 38.5 Å². The molecular formula is C22H28Cl2F2N2O4. The van der Waals surface area contributed by atoms with Gasteiger partial charge in [-0.25, -0.2) is 8.78 Å². The van der Waals surface area contributed by atoms with Gasteiger partial charge in [-0.2, -0.15) is 4.98 Å². The van der Waals surface area contributed by atoms with Crippen molar-refractivity contribution in [3.63, 3.8) is 0 Å². The predicted molar refractivity (Wildman–Crippen MR) is 119 cm³/mol. The molecular weight excluding hydrogens is 465 g/mol. The zero-order chi connectivity index (χ0) is 23.4. The van der Waals surface area contributed by atoms with Crippen LogP contribution in [0.15, 0.2) is 6.07 Å². The van der Waals surface area contributed by atoms with Crippen LogP contribution < -0.4 is 9.47 Å². The summed E-state index contributed by atoms with van der Waals surface area (Å²) in [5, 5.41) is 0.405. The van der Waals surface area contributed by atoms with Gasteiger partial charge in [0.1, 0.15) is 34.8 Å². The Hall–Kier alpha value is -1.64. The van der Waals surface area contributed by atoms with Crippen molar-refractivity contribution in [3.05, 3.63) is 16.1 Å². The number of benzene rings is 1. The Morgan fingerprint density at radius 1 is 1.22 bits per heavy atom. The molecule has 1 heterocycles. The van der Waals surface area contributed by atoms with E-state index in [1.165, 1.54) is 6.07 Å². The van der Waals surface area contributed by atoms with Crippen LogP contribution in [0.2, 0.25) is 10.0 Å². The van der Waals surface area contributed by atoms with E-state index in [0.29, 0.717) is 30.1 Å². The zero-order valence-electron chi connectivity index (χ0n) is 18.4. The molecule has 1 saturated carbocycles. The molecule has 1 aliphatic carbocycles. The number of ether oxygens (including phenoxy) is 3. The highest BCUT2D eigenvalue weighted by molar-refractivity contribution is 6.40. The molecule has 6 nitrogen and oxygen atoms in total. The summed E-state index contributed by atoms with van der Waals surface area (Å²) in [4.78, 5) is 15.7. The minimum atomic E-state index is -2.62. The molecule has 0 N–H and O–H groups in total. The lowest BCUT2D eigenvalue weighted by Gasteiger charge is -2.29. The van der Waals surface area contributed by atoms with Gasteiger partial charge in [-0.1, -0.05) is 30.1 Å². The summed E-state index contributed by atoms with van der Waals surface area (Å²) in [6, 6.07) is 1.75. The van der Waals surface area contributed by atoms with E-state index in [4.69, 9.17) is 37.4 Å². The maximum atomic E-state index is 12.5. The summed E-state index contributed by atoms with van der Waals surface area (Å²) in [5.41, 5.74) is 0.893. The number of carbonyl (C=O) groups is 1. The molecule has 178 valence electrons. The highest BCUT2D eigenvalue weighted by atomic mass is 35.5. The van der Waals surface area contributed by atoms with Gasteiger partial charge in [0.05, 0.1) is 16.6 Å². The van der Waals surface area contributed by atoms with Gasteiger partial charge in [0.25, 0.3) is 12.4 Å². The van der Waals surface area contributed by atoms with Gasteiger partial charge in [0, 0.05) is 26.1 Å². The summed E-state index contributed by atoms with van der Waals surface area (Å²) < 4.78 is 43.9. The molecule has 1 aromatic heterocycles. The Morgan fingerprint density at radius 2 is 1.88 bits per heavy atom. The summed E-state index contributed by atoms with van der Waals surface area (Å²) in [7, 11) is 1.73. The monoisotopic (exact) mass is 492 g/mol. The average Bonchev–Trinajstić information content (AvgIpc) is 3.05. The number of fused-ring (bicyclic) bond motifs is 1. The first kappa shape index (κ1) is 25.0. The van der Waals surface area contributed by atoms with Crippen molar-refractivity contribution in [2.45, 2.75) is 64.6 Å². The maximum Gasteiger partial charge on any atom is 0.297 e. The van der Waals surface area contributed by atoms with E-state index >= 15 is 0 Å². The van der Waals surface area contributed by atoms with Crippen LogP contribution in [-0.4, -0.2) is 47.2 Å². The first-order valence-corrected chi connectivity index (χ1v) is 11.4. The lowest BCUT2D eigenvalue weighted by Crippen LogP contribution is -2.30. The second kappa shape index (κ2) is 11.0. The number of alkyl halides is 2. The lowest BCUT2D eigenvalue weighted by molar-refractivity contribution is -0.118. The number of aromatic nitrogens is 2. The molecule has 32 heavy (non-hydrogen) atoms. The standard InChI is InChI=1S/C22H28Cl2F2N2O4/c1-12(8-13(2)29)10-30-14-4-6-15(7-5-14)32-22-27-20-16(23)9-17(31-11-18(25)26)19(24)21(20)28(22)3/h9,12,14-15,18H,4-8,10-11H2,1-3H3/t12-,14?,15?/m1/s1. The molecule has 0 saturated heterocycles. The quantitative estimate of drug-likeness (QED) is 0.416. The average molecular weight is 493 g/mol. The number of rotatable bonds is 10. The Morgan fingerprint density at radius 3 is 2.50 bits per heavy atom. The van der Waals surface area contributed by atoms with E-state index in [2.05, 4.69) is 4.98 Å². The molecule has 10 heteroatoms. The number of ketones is 1. The third-order valence-corrected chi connectivity index (χ3v) is 6.13. The van der Waals surface area contributed by atoms with Crippen LogP contribution in [0.25, 0.3) is 11.0 Å². The number of hydrogen-bond acceptors (Lipinski definition) is 5. The molecule has 1 aliphatic rings. The molecule has 0 amide bonds.